The van der Waals surface area contributed by atoms with Crippen molar-refractivity contribution in [1.82, 2.24) is 19.7 Å². The number of hydrogen-bond acceptors (Lipinski definition) is 8. The quantitative estimate of drug-likeness (QED) is 0.473. The number of aromatic nitrogens is 3. The lowest BCUT2D eigenvalue weighted by atomic mass is 10.2. The summed E-state index contributed by atoms with van der Waals surface area (Å²) in [6, 6.07) is 11.5. The number of nitrogens with zero attached hydrogens (tertiary/aromatic N) is 4. The van der Waals surface area contributed by atoms with Crippen molar-refractivity contribution in [3.63, 3.8) is 0 Å². The molecule has 1 atom stereocenters. The van der Waals surface area contributed by atoms with Gasteiger partial charge in [-0.15, -0.1) is 10.2 Å². The molecule has 0 radical (unpaired) electrons. The summed E-state index contributed by atoms with van der Waals surface area (Å²) in [5, 5.41) is 11.9. The zero-order chi connectivity index (χ0) is 24.2. The monoisotopic (exact) mass is 499 g/mol. The SMILES string of the molecule is C[C@H](Sc1nnc(-c2ccc(F)cc2)n1CCN1CCOCC1)C(=O)Nc1ccc2c(c1)OCO2. The van der Waals surface area contributed by atoms with Gasteiger partial charge >= 0.3 is 0 Å². The van der Waals surface area contributed by atoms with Crippen LogP contribution in [0.5, 0.6) is 11.5 Å². The van der Waals surface area contributed by atoms with Gasteiger partial charge in [0.2, 0.25) is 12.7 Å². The van der Waals surface area contributed by atoms with Gasteiger partial charge in [-0.25, -0.2) is 4.39 Å². The minimum Gasteiger partial charge on any atom is -0.454 e. The Bertz CT molecular complexity index is 1180. The van der Waals surface area contributed by atoms with E-state index >= 15 is 0 Å². The summed E-state index contributed by atoms with van der Waals surface area (Å²) in [6.45, 7) is 6.59. The third-order valence-electron chi connectivity index (χ3n) is 5.85. The number of hydrogen-bond donors (Lipinski definition) is 1. The lowest BCUT2D eigenvalue weighted by Gasteiger charge is -2.27. The van der Waals surface area contributed by atoms with Crippen LogP contribution in [0.15, 0.2) is 47.6 Å². The van der Waals surface area contributed by atoms with Crippen molar-refractivity contribution in [2.24, 2.45) is 0 Å². The second-order valence-corrected chi connectivity index (χ2v) is 9.54. The third kappa shape index (κ3) is 5.58. The molecule has 0 bridgehead atoms. The van der Waals surface area contributed by atoms with Gasteiger partial charge in [0.25, 0.3) is 0 Å². The number of nitrogens with one attached hydrogen (secondary N) is 1. The fourth-order valence-electron chi connectivity index (χ4n) is 3.89. The molecule has 35 heavy (non-hydrogen) atoms. The summed E-state index contributed by atoms with van der Waals surface area (Å²) < 4.78 is 31.6. The molecular formula is C24H26FN5O4S. The van der Waals surface area contributed by atoms with Gasteiger partial charge in [0.15, 0.2) is 22.5 Å². The Labute approximate surface area is 206 Å². The highest BCUT2D eigenvalue weighted by molar-refractivity contribution is 8.00. The lowest BCUT2D eigenvalue weighted by Crippen LogP contribution is -2.38. The number of amides is 1. The zero-order valence-electron chi connectivity index (χ0n) is 19.3. The Morgan fingerprint density at radius 1 is 1.09 bits per heavy atom. The smallest absolute Gasteiger partial charge is 0.237 e. The number of benzene rings is 2. The number of ether oxygens (including phenoxy) is 3. The molecule has 0 spiro atoms. The Balaban J connectivity index is 1.31. The number of rotatable bonds is 8. The largest absolute Gasteiger partial charge is 0.454 e. The van der Waals surface area contributed by atoms with E-state index in [1.165, 1.54) is 23.9 Å². The summed E-state index contributed by atoms with van der Waals surface area (Å²) in [5.74, 6) is 1.43. The number of anilines is 1. The van der Waals surface area contributed by atoms with Crippen molar-refractivity contribution >= 4 is 23.4 Å². The lowest BCUT2D eigenvalue weighted by molar-refractivity contribution is -0.115. The molecule has 0 unspecified atom stereocenters. The van der Waals surface area contributed by atoms with E-state index in [9.17, 15) is 9.18 Å². The molecule has 2 aliphatic heterocycles. The number of carbonyl (C=O) groups excluding carboxylic acids is 1. The molecule has 3 aromatic rings. The summed E-state index contributed by atoms with van der Waals surface area (Å²) in [6.07, 6.45) is 0. The molecule has 184 valence electrons. The van der Waals surface area contributed by atoms with Gasteiger partial charge in [-0.3, -0.25) is 9.69 Å². The maximum absolute atomic E-state index is 13.5. The highest BCUT2D eigenvalue weighted by Gasteiger charge is 2.23. The first kappa shape index (κ1) is 23.6. The van der Waals surface area contributed by atoms with Crippen molar-refractivity contribution in [2.45, 2.75) is 23.9 Å². The predicted octanol–water partition coefficient (Wildman–Crippen LogP) is 3.26. The second kappa shape index (κ2) is 10.6. The van der Waals surface area contributed by atoms with Crippen molar-refractivity contribution < 1.29 is 23.4 Å². The van der Waals surface area contributed by atoms with E-state index in [0.29, 0.717) is 47.9 Å². The molecule has 1 N–H and O–H groups in total. The van der Waals surface area contributed by atoms with Crippen molar-refractivity contribution in [3.05, 3.63) is 48.3 Å². The number of fused-ring (bicyclic) bond motifs is 1. The summed E-state index contributed by atoms with van der Waals surface area (Å²) in [5.41, 5.74) is 1.40. The first-order chi connectivity index (χ1) is 17.1. The number of morpholine rings is 1. The van der Waals surface area contributed by atoms with Crippen LogP contribution in [0.3, 0.4) is 0 Å². The van der Waals surface area contributed by atoms with Crippen LogP contribution in [0, 0.1) is 5.82 Å². The molecular weight excluding hydrogens is 473 g/mol. The van der Waals surface area contributed by atoms with Crippen LogP contribution in [-0.2, 0) is 16.1 Å². The molecule has 5 rings (SSSR count). The Hall–Kier alpha value is -3.15. The molecule has 0 aliphatic carbocycles. The normalized spacial score (nSPS) is 16.3. The van der Waals surface area contributed by atoms with E-state index in [2.05, 4.69) is 20.4 Å². The Morgan fingerprint density at radius 2 is 1.86 bits per heavy atom. The molecule has 1 amide bonds. The fourth-order valence-corrected chi connectivity index (χ4v) is 4.76. The van der Waals surface area contributed by atoms with E-state index in [1.54, 1.807) is 30.3 Å². The number of thioether (sulfide) groups is 1. The first-order valence-electron chi connectivity index (χ1n) is 11.4. The summed E-state index contributed by atoms with van der Waals surface area (Å²) in [7, 11) is 0. The average molecular weight is 500 g/mol. The highest BCUT2D eigenvalue weighted by atomic mass is 32.2. The Kier molecular flexibility index (Phi) is 7.16. The van der Waals surface area contributed by atoms with Crippen molar-refractivity contribution in [1.29, 1.82) is 0 Å². The van der Waals surface area contributed by atoms with Gasteiger partial charge in [-0.05, 0) is 43.3 Å². The predicted molar refractivity (Wildman–Crippen MR) is 129 cm³/mol. The van der Waals surface area contributed by atoms with E-state index in [1.807, 2.05) is 11.5 Å². The molecule has 1 saturated heterocycles. The van der Waals surface area contributed by atoms with Gasteiger partial charge in [0.1, 0.15) is 5.82 Å². The van der Waals surface area contributed by atoms with Crippen LogP contribution in [0.4, 0.5) is 10.1 Å². The fraction of sp³-hybridized carbons (Fsp3) is 0.375. The van der Waals surface area contributed by atoms with E-state index in [0.717, 1.165) is 25.2 Å². The maximum atomic E-state index is 13.5. The minimum absolute atomic E-state index is 0.167. The molecule has 3 heterocycles. The van der Waals surface area contributed by atoms with Gasteiger partial charge in [0, 0.05) is 43.5 Å². The molecule has 11 heteroatoms. The van der Waals surface area contributed by atoms with Crippen LogP contribution in [0.1, 0.15) is 6.92 Å². The highest BCUT2D eigenvalue weighted by Crippen LogP contribution is 2.34. The second-order valence-electron chi connectivity index (χ2n) is 8.24. The molecule has 1 fully saturated rings. The van der Waals surface area contributed by atoms with Gasteiger partial charge in [-0.1, -0.05) is 11.8 Å². The van der Waals surface area contributed by atoms with Crippen LogP contribution < -0.4 is 14.8 Å². The minimum atomic E-state index is -0.437. The van der Waals surface area contributed by atoms with Crippen LogP contribution >= 0.6 is 11.8 Å². The van der Waals surface area contributed by atoms with E-state index in [-0.39, 0.29) is 18.5 Å². The van der Waals surface area contributed by atoms with Crippen molar-refractivity contribution in [3.8, 4) is 22.9 Å². The standard InChI is InChI=1S/C24H26FN5O4S/c1-16(23(31)26-19-6-7-20-21(14-19)34-15-33-20)35-24-28-27-22(17-2-4-18(25)5-3-17)30(24)9-8-29-10-12-32-13-11-29/h2-7,14,16H,8-13,15H2,1H3,(H,26,31)/t16-/m0/s1. The van der Waals surface area contributed by atoms with Crippen LogP contribution in [-0.4, -0.2) is 70.5 Å². The van der Waals surface area contributed by atoms with E-state index in [4.69, 9.17) is 14.2 Å². The molecule has 2 aliphatic rings. The van der Waals surface area contributed by atoms with Gasteiger partial charge in [0.05, 0.1) is 18.5 Å². The van der Waals surface area contributed by atoms with Gasteiger partial charge in [-0.2, -0.15) is 0 Å². The third-order valence-corrected chi connectivity index (χ3v) is 6.93. The molecule has 0 saturated carbocycles. The molecule has 1 aromatic heterocycles. The molecule has 2 aromatic carbocycles. The van der Waals surface area contributed by atoms with Crippen molar-refractivity contribution in [2.75, 3.05) is 45.0 Å². The first-order valence-corrected chi connectivity index (χ1v) is 12.3. The summed E-state index contributed by atoms with van der Waals surface area (Å²) in [4.78, 5) is 15.2. The zero-order valence-corrected chi connectivity index (χ0v) is 20.1. The maximum Gasteiger partial charge on any atom is 0.237 e. The Morgan fingerprint density at radius 3 is 2.66 bits per heavy atom. The topological polar surface area (TPSA) is 90.7 Å². The summed E-state index contributed by atoms with van der Waals surface area (Å²) >= 11 is 1.33. The average Bonchev–Trinajstić information content (AvgIpc) is 3.50. The van der Waals surface area contributed by atoms with E-state index < -0.39 is 5.25 Å². The molecule has 9 nitrogen and oxygen atoms in total. The van der Waals surface area contributed by atoms with Crippen LogP contribution in [0.2, 0.25) is 0 Å². The van der Waals surface area contributed by atoms with Crippen LogP contribution in [0.25, 0.3) is 11.4 Å². The van der Waals surface area contributed by atoms with Gasteiger partial charge < -0.3 is 24.1 Å². The number of carbonyl (C=O) groups is 1. The number of halogens is 1.